The van der Waals surface area contributed by atoms with Gasteiger partial charge in [0.2, 0.25) is 0 Å². The normalized spacial score (nSPS) is 11.9. The third-order valence-corrected chi connectivity index (χ3v) is 3.75. The second-order valence-corrected chi connectivity index (χ2v) is 5.07. The van der Waals surface area contributed by atoms with Gasteiger partial charge < -0.3 is 0 Å². The lowest BCUT2D eigenvalue weighted by atomic mass is 10.1. The Balaban J connectivity index is 2.53. The Morgan fingerprint density at radius 1 is 1.27 bits per heavy atom. The van der Waals surface area contributed by atoms with E-state index in [0.717, 1.165) is 12.8 Å². The molecular weight excluding hydrogens is 200 g/mol. The molecule has 0 aromatic carbocycles. The van der Waals surface area contributed by atoms with E-state index >= 15 is 0 Å². The molecule has 1 heterocycles. The van der Waals surface area contributed by atoms with E-state index in [4.69, 9.17) is 0 Å². The Morgan fingerprint density at radius 2 is 2.07 bits per heavy atom. The molecule has 1 atom stereocenters. The van der Waals surface area contributed by atoms with Crippen molar-refractivity contribution in [2.24, 2.45) is 0 Å². The predicted octanol–water partition coefficient (Wildman–Crippen LogP) is 4.61. The largest absolute Gasteiger partial charge is 0.145 e. The third-order valence-electron chi connectivity index (χ3n) is 2.37. The summed E-state index contributed by atoms with van der Waals surface area (Å²) in [5, 5.41) is 0. The van der Waals surface area contributed by atoms with Crippen LogP contribution in [0.15, 0.2) is 12.1 Å². The highest BCUT2D eigenvalue weighted by Crippen LogP contribution is 2.27. The number of thiophene rings is 1. The van der Waals surface area contributed by atoms with E-state index < -0.39 is 0 Å². The molecule has 0 aliphatic carbocycles. The maximum absolute atomic E-state index is 3.23. The van der Waals surface area contributed by atoms with Crippen LogP contribution in [0, 0.1) is 11.8 Å². The molecule has 15 heavy (non-hydrogen) atoms. The van der Waals surface area contributed by atoms with Crippen LogP contribution in [0.5, 0.6) is 0 Å². The molecule has 0 spiro atoms. The summed E-state index contributed by atoms with van der Waals surface area (Å²) in [6.07, 6.45) is 4.43. The first-order valence-corrected chi connectivity index (χ1v) is 6.63. The van der Waals surface area contributed by atoms with Gasteiger partial charge in [-0.1, -0.05) is 27.2 Å². The molecule has 0 aliphatic rings. The highest BCUT2D eigenvalue weighted by molar-refractivity contribution is 7.12. The first-order valence-electron chi connectivity index (χ1n) is 5.82. The molecular formula is C14H20S. The summed E-state index contributed by atoms with van der Waals surface area (Å²) in [4.78, 5) is 3.01. The van der Waals surface area contributed by atoms with Gasteiger partial charge in [-0.05, 0) is 18.6 Å². The molecule has 1 aromatic heterocycles. The Hall–Kier alpha value is -0.740. The lowest BCUT2D eigenvalue weighted by molar-refractivity contribution is 0.813. The SMILES string of the molecule is CCC#CCC(C)c1ccc(CCC)s1. The molecule has 1 unspecified atom stereocenters. The van der Waals surface area contributed by atoms with Crippen molar-refractivity contribution in [3.05, 3.63) is 21.9 Å². The monoisotopic (exact) mass is 220 g/mol. The van der Waals surface area contributed by atoms with Crippen LogP contribution in [-0.2, 0) is 6.42 Å². The van der Waals surface area contributed by atoms with Gasteiger partial charge in [-0.15, -0.1) is 23.2 Å². The average Bonchev–Trinajstić information content (AvgIpc) is 2.67. The lowest BCUT2D eigenvalue weighted by Gasteiger charge is -2.03. The van der Waals surface area contributed by atoms with Crippen LogP contribution in [0.4, 0.5) is 0 Å². The highest BCUT2D eigenvalue weighted by atomic mass is 32.1. The van der Waals surface area contributed by atoms with Gasteiger partial charge in [-0.25, -0.2) is 0 Å². The van der Waals surface area contributed by atoms with Gasteiger partial charge >= 0.3 is 0 Å². The second kappa shape index (κ2) is 6.69. The van der Waals surface area contributed by atoms with Gasteiger partial charge in [0.05, 0.1) is 0 Å². The van der Waals surface area contributed by atoms with E-state index in [0.29, 0.717) is 5.92 Å². The van der Waals surface area contributed by atoms with Gasteiger partial charge in [0.1, 0.15) is 0 Å². The van der Waals surface area contributed by atoms with Crippen molar-refractivity contribution >= 4 is 11.3 Å². The summed E-state index contributed by atoms with van der Waals surface area (Å²) in [5.41, 5.74) is 0. The van der Waals surface area contributed by atoms with Crippen molar-refractivity contribution in [3.63, 3.8) is 0 Å². The Kier molecular flexibility index (Phi) is 5.50. The minimum absolute atomic E-state index is 0.597. The molecule has 82 valence electrons. The van der Waals surface area contributed by atoms with Crippen molar-refractivity contribution in [1.29, 1.82) is 0 Å². The molecule has 0 N–H and O–H groups in total. The number of aryl methyl sites for hydroxylation is 1. The molecule has 1 rings (SSSR count). The maximum atomic E-state index is 3.23. The quantitative estimate of drug-likeness (QED) is 0.650. The van der Waals surface area contributed by atoms with E-state index in [-0.39, 0.29) is 0 Å². The Morgan fingerprint density at radius 3 is 2.73 bits per heavy atom. The van der Waals surface area contributed by atoms with E-state index in [1.807, 2.05) is 11.3 Å². The summed E-state index contributed by atoms with van der Waals surface area (Å²) in [5.74, 6) is 6.96. The average molecular weight is 220 g/mol. The van der Waals surface area contributed by atoms with Gasteiger partial charge in [0, 0.05) is 28.5 Å². The molecule has 0 fully saturated rings. The number of hydrogen-bond acceptors (Lipinski definition) is 1. The molecule has 0 nitrogen and oxygen atoms in total. The van der Waals surface area contributed by atoms with Crippen molar-refractivity contribution in [2.45, 2.75) is 52.4 Å². The third kappa shape index (κ3) is 4.10. The van der Waals surface area contributed by atoms with Crippen molar-refractivity contribution in [2.75, 3.05) is 0 Å². The van der Waals surface area contributed by atoms with E-state index in [1.54, 1.807) is 0 Å². The summed E-state index contributed by atoms with van der Waals surface area (Å²) in [7, 11) is 0. The number of rotatable bonds is 4. The minimum Gasteiger partial charge on any atom is -0.145 e. The van der Waals surface area contributed by atoms with E-state index in [1.165, 1.54) is 22.6 Å². The highest BCUT2D eigenvalue weighted by Gasteiger charge is 2.06. The zero-order valence-electron chi connectivity index (χ0n) is 9.97. The maximum Gasteiger partial charge on any atom is 0.0163 e. The first kappa shape index (κ1) is 12.3. The van der Waals surface area contributed by atoms with Crippen molar-refractivity contribution < 1.29 is 0 Å². The summed E-state index contributed by atoms with van der Waals surface area (Å²) < 4.78 is 0. The Labute approximate surface area is 97.7 Å². The fourth-order valence-electron chi connectivity index (χ4n) is 1.49. The zero-order chi connectivity index (χ0) is 11.1. The second-order valence-electron chi connectivity index (χ2n) is 3.87. The van der Waals surface area contributed by atoms with Crippen LogP contribution < -0.4 is 0 Å². The standard InChI is InChI=1S/C14H20S/c1-4-6-7-9-12(3)14-11-10-13(15-14)8-5-2/h10-12H,4-5,8-9H2,1-3H3. The van der Waals surface area contributed by atoms with Crippen LogP contribution in [-0.4, -0.2) is 0 Å². The van der Waals surface area contributed by atoms with Gasteiger partial charge in [-0.3, -0.25) is 0 Å². The Bertz CT molecular complexity index is 338. The minimum atomic E-state index is 0.597. The van der Waals surface area contributed by atoms with Gasteiger partial charge in [-0.2, -0.15) is 0 Å². The predicted molar refractivity (Wildman–Crippen MR) is 69.4 cm³/mol. The molecule has 0 bridgehead atoms. The lowest BCUT2D eigenvalue weighted by Crippen LogP contribution is -1.86. The van der Waals surface area contributed by atoms with E-state index in [2.05, 4.69) is 44.7 Å². The van der Waals surface area contributed by atoms with Crippen LogP contribution >= 0.6 is 11.3 Å². The summed E-state index contributed by atoms with van der Waals surface area (Å²) in [6.45, 7) is 6.60. The topological polar surface area (TPSA) is 0 Å². The molecule has 1 aromatic rings. The molecule has 0 aliphatic heterocycles. The van der Waals surface area contributed by atoms with Crippen molar-refractivity contribution in [1.82, 2.24) is 0 Å². The smallest absolute Gasteiger partial charge is 0.0163 e. The van der Waals surface area contributed by atoms with Gasteiger partial charge in [0.15, 0.2) is 0 Å². The summed E-state index contributed by atoms with van der Waals surface area (Å²) >= 11 is 1.96. The van der Waals surface area contributed by atoms with E-state index in [9.17, 15) is 0 Å². The van der Waals surface area contributed by atoms with Crippen LogP contribution in [0.3, 0.4) is 0 Å². The molecule has 0 radical (unpaired) electrons. The molecule has 0 saturated heterocycles. The molecule has 0 saturated carbocycles. The van der Waals surface area contributed by atoms with Crippen LogP contribution in [0.2, 0.25) is 0 Å². The molecule has 1 heteroatoms. The van der Waals surface area contributed by atoms with Crippen LogP contribution in [0.1, 0.15) is 55.7 Å². The van der Waals surface area contributed by atoms with Crippen LogP contribution in [0.25, 0.3) is 0 Å². The van der Waals surface area contributed by atoms with Crippen molar-refractivity contribution in [3.8, 4) is 11.8 Å². The van der Waals surface area contributed by atoms with Gasteiger partial charge in [0.25, 0.3) is 0 Å². The first-order chi connectivity index (χ1) is 7.27. The zero-order valence-corrected chi connectivity index (χ0v) is 10.8. The summed E-state index contributed by atoms with van der Waals surface area (Å²) in [6, 6.07) is 4.54. The fraction of sp³-hybridized carbons (Fsp3) is 0.571. The molecule has 0 amide bonds. The fourth-order valence-corrected chi connectivity index (χ4v) is 2.66. The number of hydrogen-bond donors (Lipinski definition) is 0.